The van der Waals surface area contributed by atoms with Crippen molar-refractivity contribution in [2.75, 3.05) is 19.4 Å². The zero-order valence-electron chi connectivity index (χ0n) is 13.6. The Morgan fingerprint density at radius 1 is 1.36 bits per heavy atom. The van der Waals surface area contributed by atoms with Gasteiger partial charge >= 0.3 is 0 Å². The SMILES string of the molecule is COc1ccc2c(c1)CCN(C(=O)c1sc3cncc(F)c3c1N)C2. The Kier molecular flexibility index (Phi) is 3.80. The molecule has 5 nitrogen and oxygen atoms in total. The lowest BCUT2D eigenvalue weighted by Crippen LogP contribution is -2.35. The largest absolute Gasteiger partial charge is 0.497 e. The highest BCUT2D eigenvalue weighted by atomic mass is 32.1. The number of pyridine rings is 1. The highest BCUT2D eigenvalue weighted by Crippen LogP contribution is 2.36. The second-order valence-electron chi connectivity index (χ2n) is 5.95. The lowest BCUT2D eigenvalue weighted by atomic mass is 9.99. The number of hydrogen-bond donors (Lipinski definition) is 1. The van der Waals surface area contributed by atoms with Crippen molar-refractivity contribution in [2.45, 2.75) is 13.0 Å². The molecule has 1 aliphatic rings. The topological polar surface area (TPSA) is 68.5 Å². The fourth-order valence-electron chi connectivity index (χ4n) is 3.17. The van der Waals surface area contributed by atoms with Crippen LogP contribution in [0.2, 0.25) is 0 Å². The number of hydrogen-bond acceptors (Lipinski definition) is 5. The number of methoxy groups -OCH3 is 1. The number of aromatic nitrogens is 1. The second-order valence-corrected chi connectivity index (χ2v) is 7.00. The lowest BCUT2D eigenvalue weighted by Gasteiger charge is -2.29. The molecule has 2 aromatic heterocycles. The highest BCUT2D eigenvalue weighted by molar-refractivity contribution is 7.21. The zero-order chi connectivity index (χ0) is 17.6. The predicted molar refractivity (Wildman–Crippen MR) is 95.4 cm³/mol. The smallest absolute Gasteiger partial charge is 0.266 e. The summed E-state index contributed by atoms with van der Waals surface area (Å²) in [5.74, 6) is 0.149. The first-order valence-corrected chi connectivity index (χ1v) is 8.66. The Labute approximate surface area is 147 Å². The summed E-state index contributed by atoms with van der Waals surface area (Å²) in [5, 5.41) is 0.283. The Morgan fingerprint density at radius 2 is 2.20 bits per heavy atom. The Bertz CT molecular complexity index is 986. The van der Waals surface area contributed by atoms with Crippen molar-refractivity contribution in [3.63, 3.8) is 0 Å². The molecule has 0 bridgehead atoms. The minimum Gasteiger partial charge on any atom is -0.497 e. The molecule has 25 heavy (non-hydrogen) atoms. The number of rotatable bonds is 2. The average molecular weight is 357 g/mol. The maximum atomic E-state index is 14.0. The molecule has 3 heterocycles. The van der Waals surface area contributed by atoms with Crippen LogP contribution in [0.5, 0.6) is 5.75 Å². The van der Waals surface area contributed by atoms with Gasteiger partial charge < -0.3 is 15.4 Å². The summed E-state index contributed by atoms with van der Waals surface area (Å²) >= 11 is 1.19. The number of nitrogens with two attached hydrogens (primary N) is 1. The quantitative estimate of drug-likeness (QED) is 0.765. The van der Waals surface area contributed by atoms with Crippen LogP contribution in [0.15, 0.2) is 30.6 Å². The molecule has 1 aliphatic heterocycles. The van der Waals surface area contributed by atoms with E-state index < -0.39 is 5.82 Å². The molecule has 0 radical (unpaired) electrons. The van der Waals surface area contributed by atoms with E-state index in [0.29, 0.717) is 22.7 Å². The number of anilines is 1. The molecule has 0 fully saturated rings. The predicted octanol–water partition coefficient (Wildman–Crippen LogP) is 3.22. The minimum absolute atomic E-state index is 0.167. The van der Waals surface area contributed by atoms with Gasteiger partial charge in [0.05, 0.1) is 29.1 Å². The van der Waals surface area contributed by atoms with Crippen molar-refractivity contribution in [2.24, 2.45) is 0 Å². The van der Waals surface area contributed by atoms with Crippen LogP contribution in [0, 0.1) is 5.82 Å². The number of thiophene rings is 1. The number of halogens is 1. The van der Waals surface area contributed by atoms with Crippen molar-refractivity contribution in [1.82, 2.24) is 9.88 Å². The molecule has 128 valence electrons. The number of ether oxygens (including phenoxy) is 1. The van der Waals surface area contributed by atoms with Crippen molar-refractivity contribution in [3.8, 4) is 5.75 Å². The van der Waals surface area contributed by atoms with Gasteiger partial charge in [0.2, 0.25) is 0 Å². The summed E-state index contributed by atoms with van der Waals surface area (Å²) < 4.78 is 19.8. The number of carbonyl (C=O) groups is 1. The molecular formula is C18H16FN3O2S. The van der Waals surface area contributed by atoms with E-state index in [2.05, 4.69) is 4.98 Å². The van der Waals surface area contributed by atoms with E-state index in [1.807, 2.05) is 18.2 Å². The first kappa shape index (κ1) is 15.8. The van der Waals surface area contributed by atoms with E-state index in [1.165, 1.54) is 23.1 Å². The van der Waals surface area contributed by atoms with E-state index >= 15 is 0 Å². The molecular weight excluding hydrogens is 341 g/mol. The third kappa shape index (κ3) is 2.60. The summed E-state index contributed by atoms with van der Waals surface area (Å²) in [7, 11) is 1.64. The van der Waals surface area contributed by atoms with Gasteiger partial charge in [0, 0.05) is 19.3 Å². The fourth-order valence-corrected chi connectivity index (χ4v) is 4.24. The Balaban J connectivity index is 1.66. The van der Waals surface area contributed by atoms with Gasteiger partial charge in [0.15, 0.2) is 5.82 Å². The fraction of sp³-hybridized carbons (Fsp3) is 0.222. The van der Waals surface area contributed by atoms with Crippen molar-refractivity contribution < 1.29 is 13.9 Å². The molecule has 1 amide bonds. The summed E-state index contributed by atoms with van der Waals surface area (Å²) in [6.07, 6.45) is 3.40. The van der Waals surface area contributed by atoms with Crippen LogP contribution in [0.1, 0.15) is 20.8 Å². The molecule has 4 rings (SSSR count). The van der Waals surface area contributed by atoms with Gasteiger partial charge in [-0.25, -0.2) is 4.39 Å². The van der Waals surface area contributed by atoms with Crippen molar-refractivity contribution >= 4 is 33.0 Å². The van der Waals surface area contributed by atoms with E-state index in [1.54, 1.807) is 12.0 Å². The summed E-state index contributed by atoms with van der Waals surface area (Å²) in [4.78, 5) is 18.9. The molecule has 0 saturated heterocycles. The standard InChI is InChI=1S/C18H16FN3O2S/c1-24-12-3-2-11-9-22(5-4-10(11)6-12)18(23)17-16(20)15-13(19)7-21-8-14(15)25-17/h2-3,6-8H,4-5,9,20H2,1H3. The zero-order valence-corrected chi connectivity index (χ0v) is 14.4. The van der Waals surface area contributed by atoms with Crippen LogP contribution < -0.4 is 10.5 Å². The van der Waals surface area contributed by atoms with Gasteiger partial charge in [-0.05, 0) is 29.7 Å². The Hall–Kier alpha value is -2.67. The van der Waals surface area contributed by atoms with Gasteiger partial charge in [0.25, 0.3) is 5.91 Å². The van der Waals surface area contributed by atoms with E-state index in [4.69, 9.17) is 10.5 Å². The minimum atomic E-state index is -0.499. The van der Waals surface area contributed by atoms with E-state index in [0.717, 1.165) is 23.9 Å². The van der Waals surface area contributed by atoms with E-state index in [9.17, 15) is 9.18 Å². The van der Waals surface area contributed by atoms with Crippen LogP contribution in [-0.4, -0.2) is 29.4 Å². The normalized spacial score (nSPS) is 13.8. The molecule has 1 aromatic carbocycles. The lowest BCUT2D eigenvalue weighted by molar-refractivity contribution is 0.0740. The van der Waals surface area contributed by atoms with Gasteiger partial charge in [-0.1, -0.05) is 6.07 Å². The monoisotopic (exact) mass is 357 g/mol. The molecule has 0 aliphatic carbocycles. The van der Waals surface area contributed by atoms with Gasteiger partial charge in [-0.2, -0.15) is 0 Å². The number of amides is 1. The number of fused-ring (bicyclic) bond motifs is 2. The number of carbonyl (C=O) groups excluding carboxylic acids is 1. The van der Waals surface area contributed by atoms with Gasteiger partial charge in [-0.15, -0.1) is 11.3 Å². The summed E-state index contributed by atoms with van der Waals surface area (Å²) in [5.41, 5.74) is 8.53. The summed E-state index contributed by atoms with van der Waals surface area (Å²) in [6.45, 7) is 1.10. The molecule has 0 atom stereocenters. The van der Waals surface area contributed by atoms with Crippen LogP contribution in [-0.2, 0) is 13.0 Å². The summed E-state index contributed by atoms with van der Waals surface area (Å²) in [6, 6.07) is 5.87. The average Bonchev–Trinajstić information content (AvgIpc) is 2.98. The molecule has 0 saturated carbocycles. The third-order valence-electron chi connectivity index (χ3n) is 4.50. The van der Waals surface area contributed by atoms with Gasteiger partial charge in [-0.3, -0.25) is 9.78 Å². The van der Waals surface area contributed by atoms with Crippen LogP contribution >= 0.6 is 11.3 Å². The first-order chi connectivity index (χ1) is 12.1. The molecule has 0 unspecified atom stereocenters. The van der Waals surface area contributed by atoms with E-state index in [-0.39, 0.29) is 17.0 Å². The molecule has 2 N–H and O–H groups in total. The molecule has 0 spiro atoms. The molecule has 7 heteroatoms. The first-order valence-electron chi connectivity index (χ1n) is 7.85. The highest BCUT2D eigenvalue weighted by Gasteiger charge is 2.26. The van der Waals surface area contributed by atoms with Crippen molar-refractivity contribution in [1.29, 1.82) is 0 Å². The maximum absolute atomic E-state index is 14.0. The maximum Gasteiger partial charge on any atom is 0.266 e. The van der Waals surface area contributed by atoms with Crippen molar-refractivity contribution in [3.05, 3.63) is 52.4 Å². The Morgan fingerprint density at radius 3 is 2.96 bits per heavy atom. The second kappa shape index (κ2) is 6.00. The number of nitrogen functional groups attached to an aromatic ring is 1. The van der Waals surface area contributed by atoms with Crippen LogP contribution in [0.3, 0.4) is 0 Å². The number of benzene rings is 1. The number of nitrogens with zero attached hydrogens (tertiary/aromatic N) is 2. The van der Waals surface area contributed by atoms with Gasteiger partial charge in [0.1, 0.15) is 10.6 Å². The van der Waals surface area contributed by atoms with Crippen LogP contribution in [0.4, 0.5) is 10.1 Å². The molecule has 3 aromatic rings. The van der Waals surface area contributed by atoms with Crippen LogP contribution in [0.25, 0.3) is 10.1 Å². The third-order valence-corrected chi connectivity index (χ3v) is 5.63.